The van der Waals surface area contributed by atoms with Gasteiger partial charge in [0.2, 0.25) is 5.95 Å². The fourth-order valence-electron chi connectivity index (χ4n) is 5.20. The molecule has 4 aromatic rings. The van der Waals surface area contributed by atoms with Crippen LogP contribution in [0.3, 0.4) is 0 Å². The van der Waals surface area contributed by atoms with Gasteiger partial charge in [0.05, 0.1) is 6.54 Å². The van der Waals surface area contributed by atoms with Crippen LogP contribution in [0.1, 0.15) is 50.1 Å². The van der Waals surface area contributed by atoms with Gasteiger partial charge in [0.15, 0.2) is 11.2 Å². The molecule has 1 aliphatic rings. The van der Waals surface area contributed by atoms with Gasteiger partial charge < -0.3 is 10.6 Å². The molecular weight excluding hydrogens is 460 g/mol. The first kappa shape index (κ1) is 25.2. The molecule has 1 saturated heterocycles. The Morgan fingerprint density at radius 1 is 0.946 bits per heavy atom. The van der Waals surface area contributed by atoms with Crippen LogP contribution in [-0.4, -0.2) is 38.2 Å². The highest BCUT2D eigenvalue weighted by Gasteiger charge is 2.26. The van der Waals surface area contributed by atoms with Crippen LogP contribution >= 0.6 is 0 Å². The monoisotopic (exact) mass is 498 g/mol. The Balaban J connectivity index is 1.62. The molecule has 1 atom stereocenters. The van der Waals surface area contributed by atoms with Gasteiger partial charge in [-0.1, -0.05) is 74.5 Å². The van der Waals surface area contributed by atoms with Gasteiger partial charge in [-0.3, -0.25) is 13.9 Å². The minimum Gasteiger partial charge on any atom is -0.341 e. The molecule has 5 rings (SSSR count). The van der Waals surface area contributed by atoms with Crippen LogP contribution in [-0.2, 0) is 25.9 Å². The Hall–Kier alpha value is -3.45. The molecule has 7 heteroatoms. The van der Waals surface area contributed by atoms with Crippen molar-refractivity contribution in [1.29, 1.82) is 0 Å². The molecule has 0 aliphatic carbocycles. The average molecular weight is 499 g/mol. The number of imidazole rings is 1. The van der Waals surface area contributed by atoms with Crippen molar-refractivity contribution in [2.24, 2.45) is 11.7 Å². The van der Waals surface area contributed by atoms with E-state index in [9.17, 15) is 4.79 Å². The Bertz CT molecular complexity index is 1380. The molecule has 37 heavy (non-hydrogen) atoms. The largest absolute Gasteiger partial charge is 0.341 e. The second kappa shape index (κ2) is 11.3. The lowest BCUT2D eigenvalue weighted by molar-refractivity contribution is 0.490. The van der Waals surface area contributed by atoms with Gasteiger partial charge in [-0.05, 0) is 42.7 Å². The number of piperidine rings is 1. The molecule has 3 heterocycles. The van der Waals surface area contributed by atoms with Crippen molar-refractivity contribution in [1.82, 2.24) is 19.1 Å². The summed E-state index contributed by atoms with van der Waals surface area (Å²) in [5.74, 6) is 2.10. The number of rotatable bonds is 9. The molecular formula is C30H38N6O. The van der Waals surface area contributed by atoms with Crippen LogP contribution < -0.4 is 16.2 Å². The van der Waals surface area contributed by atoms with E-state index in [0.717, 1.165) is 56.1 Å². The fraction of sp³-hybridized carbons (Fsp3) is 0.433. The lowest BCUT2D eigenvalue weighted by atomic mass is 10.1. The topological polar surface area (TPSA) is 82.0 Å². The van der Waals surface area contributed by atoms with Crippen molar-refractivity contribution in [3.63, 3.8) is 0 Å². The molecule has 1 unspecified atom stereocenters. The van der Waals surface area contributed by atoms with Gasteiger partial charge in [0.25, 0.3) is 5.56 Å². The summed E-state index contributed by atoms with van der Waals surface area (Å²) in [6, 6.07) is 20.8. The lowest BCUT2D eigenvalue weighted by Gasteiger charge is -2.31. The SMILES string of the molecule is CC(C)CCn1c(CCc2ccccc2)nc2nc(N3CCCC(N)C3)n(Cc3ccccc3)c2c1=O. The van der Waals surface area contributed by atoms with Crippen molar-refractivity contribution in [2.45, 2.75) is 65.1 Å². The summed E-state index contributed by atoms with van der Waals surface area (Å²) < 4.78 is 3.98. The number of hydrogen-bond acceptors (Lipinski definition) is 5. The van der Waals surface area contributed by atoms with E-state index in [1.807, 2.05) is 28.8 Å². The van der Waals surface area contributed by atoms with E-state index in [1.165, 1.54) is 5.56 Å². The van der Waals surface area contributed by atoms with E-state index >= 15 is 0 Å². The molecule has 0 radical (unpaired) electrons. The van der Waals surface area contributed by atoms with E-state index < -0.39 is 0 Å². The first-order valence-electron chi connectivity index (χ1n) is 13.6. The fourth-order valence-corrected chi connectivity index (χ4v) is 5.20. The van der Waals surface area contributed by atoms with E-state index in [4.69, 9.17) is 15.7 Å². The highest BCUT2D eigenvalue weighted by Crippen LogP contribution is 2.25. The van der Waals surface area contributed by atoms with Crippen molar-refractivity contribution < 1.29 is 0 Å². The first-order valence-corrected chi connectivity index (χ1v) is 13.6. The predicted octanol–water partition coefficient (Wildman–Crippen LogP) is 4.40. The average Bonchev–Trinajstić information content (AvgIpc) is 3.26. The van der Waals surface area contributed by atoms with E-state index in [2.05, 4.69) is 59.7 Å². The van der Waals surface area contributed by atoms with Gasteiger partial charge in [-0.15, -0.1) is 0 Å². The van der Waals surface area contributed by atoms with Gasteiger partial charge >= 0.3 is 0 Å². The van der Waals surface area contributed by atoms with Gasteiger partial charge in [0.1, 0.15) is 5.82 Å². The number of fused-ring (bicyclic) bond motifs is 1. The third-order valence-electron chi connectivity index (χ3n) is 7.26. The number of aryl methyl sites for hydroxylation is 2. The number of nitrogens with two attached hydrogens (primary N) is 1. The summed E-state index contributed by atoms with van der Waals surface area (Å²) in [7, 11) is 0. The highest BCUT2D eigenvalue weighted by molar-refractivity contribution is 5.74. The molecule has 1 aliphatic heterocycles. The van der Waals surface area contributed by atoms with E-state index in [1.54, 1.807) is 0 Å². The summed E-state index contributed by atoms with van der Waals surface area (Å²) in [5.41, 5.74) is 9.84. The van der Waals surface area contributed by atoms with Gasteiger partial charge in [-0.25, -0.2) is 4.98 Å². The lowest BCUT2D eigenvalue weighted by Crippen LogP contribution is -2.44. The van der Waals surface area contributed by atoms with Crippen molar-refractivity contribution in [3.05, 3.63) is 88.0 Å². The standard InChI is InChI=1S/C30H38N6O/c1-22(2)17-19-35-26(16-15-23-10-5-3-6-11-23)32-28-27(29(35)37)36(20-24-12-7-4-8-13-24)30(33-28)34-18-9-14-25(31)21-34/h3-8,10-13,22,25H,9,14-21,31H2,1-2H3. The third kappa shape index (κ3) is 5.77. The Morgan fingerprint density at radius 2 is 1.65 bits per heavy atom. The quantitative estimate of drug-likeness (QED) is 0.370. The van der Waals surface area contributed by atoms with Crippen molar-refractivity contribution in [3.8, 4) is 0 Å². The summed E-state index contributed by atoms with van der Waals surface area (Å²) in [6.45, 7) is 7.23. The zero-order chi connectivity index (χ0) is 25.8. The van der Waals surface area contributed by atoms with E-state index in [0.29, 0.717) is 36.6 Å². The maximum Gasteiger partial charge on any atom is 0.279 e. The molecule has 194 valence electrons. The van der Waals surface area contributed by atoms with Gasteiger partial charge in [0, 0.05) is 32.1 Å². The molecule has 0 saturated carbocycles. The third-order valence-corrected chi connectivity index (χ3v) is 7.26. The summed E-state index contributed by atoms with van der Waals surface area (Å²) in [4.78, 5) is 26.4. The van der Waals surface area contributed by atoms with Crippen LogP contribution in [0.4, 0.5) is 5.95 Å². The molecule has 2 aromatic carbocycles. The normalized spacial score (nSPS) is 16.1. The van der Waals surface area contributed by atoms with Gasteiger partial charge in [-0.2, -0.15) is 4.98 Å². The number of aromatic nitrogens is 4. The molecule has 2 N–H and O–H groups in total. The van der Waals surface area contributed by atoms with E-state index in [-0.39, 0.29) is 11.6 Å². The molecule has 7 nitrogen and oxygen atoms in total. The molecule has 0 amide bonds. The molecule has 1 fully saturated rings. The smallest absolute Gasteiger partial charge is 0.279 e. The summed E-state index contributed by atoms with van der Waals surface area (Å²) >= 11 is 0. The van der Waals surface area contributed by atoms with Crippen LogP contribution in [0.2, 0.25) is 0 Å². The van der Waals surface area contributed by atoms with Crippen LogP contribution in [0.5, 0.6) is 0 Å². The molecule has 2 aromatic heterocycles. The van der Waals surface area contributed by atoms with Crippen LogP contribution in [0, 0.1) is 5.92 Å². The zero-order valence-corrected chi connectivity index (χ0v) is 22.0. The Kier molecular flexibility index (Phi) is 7.70. The highest BCUT2D eigenvalue weighted by atomic mass is 16.1. The number of benzene rings is 2. The number of hydrogen-bond donors (Lipinski definition) is 1. The second-order valence-electron chi connectivity index (χ2n) is 10.7. The molecule has 0 spiro atoms. The predicted molar refractivity (Wildman–Crippen MR) is 150 cm³/mol. The zero-order valence-electron chi connectivity index (χ0n) is 22.0. The maximum absolute atomic E-state index is 14.2. The molecule has 0 bridgehead atoms. The minimum absolute atomic E-state index is 0.00435. The van der Waals surface area contributed by atoms with Crippen molar-refractivity contribution in [2.75, 3.05) is 18.0 Å². The second-order valence-corrected chi connectivity index (χ2v) is 10.7. The number of nitrogens with zero attached hydrogens (tertiary/aromatic N) is 5. The minimum atomic E-state index is 0.00435. The Labute approximate surface area is 219 Å². The maximum atomic E-state index is 14.2. The summed E-state index contributed by atoms with van der Waals surface area (Å²) in [5, 5.41) is 0. The summed E-state index contributed by atoms with van der Waals surface area (Å²) in [6.07, 6.45) is 4.48. The Morgan fingerprint density at radius 3 is 2.32 bits per heavy atom. The first-order chi connectivity index (χ1) is 18.0. The number of anilines is 1. The van der Waals surface area contributed by atoms with Crippen molar-refractivity contribution >= 4 is 17.1 Å². The van der Waals surface area contributed by atoms with Crippen LogP contribution in [0.15, 0.2) is 65.5 Å². The van der Waals surface area contributed by atoms with Crippen LogP contribution in [0.25, 0.3) is 11.2 Å².